The Labute approximate surface area is 160 Å². The van der Waals surface area contributed by atoms with Crippen LogP contribution in [0.25, 0.3) is 28.1 Å². The van der Waals surface area contributed by atoms with E-state index in [0.29, 0.717) is 27.3 Å². The van der Waals surface area contributed by atoms with E-state index in [1.807, 2.05) is 0 Å². The number of nitrogens with one attached hydrogen (secondary N) is 1. The first-order valence-corrected chi connectivity index (χ1v) is 8.18. The van der Waals surface area contributed by atoms with Crippen molar-refractivity contribution in [3.63, 3.8) is 0 Å². The first-order chi connectivity index (χ1) is 13.2. The Morgan fingerprint density at radius 2 is 2.04 bits per heavy atom. The smallest absolute Gasteiger partial charge is 0.384 e. The van der Waals surface area contributed by atoms with Gasteiger partial charge in [0.05, 0.1) is 28.1 Å². The topological polar surface area (TPSA) is 108 Å². The Bertz CT molecular complexity index is 1180. The van der Waals surface area contributed by atoms with Gasteiger partial charge in [0.15, 0.2) is 11.6 Å². The van der Waals surface area contributed by atoms with Gasteiger partial charge in [-0.1, -0.05) is 11.6 Å². The van der Waals surface area contributed by atoms with E-state index in [1.54, 1.807) is 25.3 Å². The van der Waals surface area contributed by atoms with E-state index in [2.05, 4.69) is 29.8 Å². The lowest BCUT2D eigenvalue weighted by molar-refractivity contribution is -0.275. The van der Waals surface area contributed by atoms with Crippen molar-refractivity contribution in [3.8, 4) is 23.0 Å². The largest absolute Gasteiger partial charge is 0.574 e. The van der Waals surface area contributed by atoms with Crippen LogP contribution in [-0.4, -0.2) is 36.1 Å². The molecular formula is C16H11ClF3N7O. The first-order valence-electron chi connectivity index (χ1n) is 7.80. The summed E-state index contributed by atoms with van der Waals surface area (Å²) < 4.78 is 43.4. The van der Waals surface area contributed by atoms with Gasteiger partial charge in [-0.05, 0) is 25.1 Å². The van der Waals surface area contributed by atoms with Crippen LogP contribution in [0, 0.1) is 6.92 Å². The highest BCUT2D eigenvalue weighted by atomic mass is 35.5. The predicted octanol–water partition coefficient (Wildman–Crippen LogP) is 3.65. The number of hydrogen-bond acceptors (Lipinski definition) is 6. The Hall–Kier alpha value is -3.34. The molecule has 0 aliphatic heterocycles. The highest BCUT2D eigenvalue weighted by Gasteiger charge is 2.34. The molecule has 0 spiro atoms. The number of aryl methyl sites for hydroxylation is 1. The third-order valence-corrected chi connectivity index (χ3v) is 4.08. The van der Waals surface area contributed by atoms with E-state index >= 15 is 0 Å². The lowest BCUT2D eigenvalue weighted by Crippen LogP contribution is -2.20. The number of rotatable bonds is 3. The minimum atomic E-state index is -4.98. The number of nitrogens with two attached hydrogens (primary N) is 1. The average Bonchev–Trinajstić information content (AvgIpc) is 3.24. The van der Waals surface area contributed by atoms with E-state index in [4.69, 9.17) is 17.3 Å². The van der Waals surface area contributed by atoms with Gasteiger partial charge < -0.3 is 15.5 Å². The average molecular weight is 410 g/mol. The molecule has 0 saturated carbocycles. The lowest BCUT2D eigenvalue weighted by atomic mass is 10.1. The van der Waals surface area contributed by atoms with Crippen LogP contribution in [0.2, 0.25) is 5.02 Å². The van der Waals surface area contributed by atoms with Gasteiger partial charge in [0.25, 0.3) is 5.88 Å². The highest BCUT2D eigenvalue weighted by molar-refractivity contribution is 6.35. The Balaban J connectivity index is 1.97. The van der Waals surface area contributed by atoms with Gasteiger partial charge in [0.2, 0.25) is 0 Å². The van der Waals surface area contributed by atoms with Gasteiger partial charge in [0, 0.05) is 11.8 Å². The number of hydrogen-bond donors (Lipinski definition) is 2. The Morgan fingerprint density at radius 1 is 1.25 bits per heavy atom. The molecule has 0 amide bonds. The number of H-pyrrole nitrogens is 1. The van der Waals surface area contributed by atoms with Gasteiger partial charge in [-0.25, -0.2) is 19.6 Å². The lowest BCUT2D eigenvalue weighted by Gasteiger charge is -2.14. The van der Waals surface area contributed by atoms with Crippen molar-refractivity contribution in [3.05, 3.63) is 41.4 Å². The van der Waals surface area contributed by atoms with Crippen molar-refractivity contribution in [1.82, 2.24) is 29.7 Å². The Morgan fingerprint density at radius 3 is 2.71 bits per heavy atom. The Kier molecular flexibility index (Phi) is 4.11. The molecule has 0 bridgehead atoms. The second-order valence-corrected chi connectivity index (χ2v) is 6.20. The molecule has 0 aliphatic rings. The predicted molar refractivity (Wildman–Crippen MR) is 95.1 cm³/mol. The summed E-state index contributed by atoms with van der Waals surface area (Å²) in [4.78, 5) is 15.0. The number of nitrogen functional groups attached to an aromatic ring is 1. The van der Waals surface area contributed by atoms with Crippen LogP contribution in [0.4, 0.5) is 19.0 Å². The summed E-state index contributed by atoms with van der Waals surface area (Å²) >= 11 is 6.26. The molecule has 0 unspecified atom stereocenters. The number of aromatic amines is 1. The highest BCUT2D eigenvalue weighted by Crippen LogP contribution is 2.34. The maximum atomic E-state index is 12.7. The number of aromatic nitrogens is 6. The maximum Gasteiger partial charge on any atom is 0.574 e. The van der Waals surface area contributed by atoms with Crippen LogP contribution in [-0.2, 0) is 0 Å². The van der Waals surface area contributed by atoms with E-state index in [1.165, 1.54) is 17.1 Å². The van der Waals surface area contributed by atoms with E-state index in [-0.39, 0.29) is 11.5 Å². The number of benzene rings is 1. The van der Waals surface area contributed by atoms with Crippen molar-refractivity contribution in [1.29, 1.82) is 0 Å². The van der Waals surface area contributed by atoms with Crippen molar-refractivity contribution in [2.24, 2.45) is 0 Å². The zero-order chi connectivity index (χ0) is 20.1. The van der Waals surface area contributed by atoms with Gasteiger partial charge in [-0.2, -0.15) is 5.10 Å². The minimum Gasteiger partial charge on any atom is -0.384 e. The molecule has 0 aliphatic carbocycles. The van der Waals surface area contributed by atoms with Crippen LogP contribution in [0.5, 0.6) is 5.88 Å². The molecule has 144 valence electrons. The van der Waals surface area contributed by atoms with Crippen molar-refractivity contribution in [2.75, 3.05) is 5.73 Å². The third kappa shape index (κ3) is 3.31. The number of anilines is 1. The summed E-state index contributed by atoms with van der Waals surface area (Å²) in [5.41, 5.74) is 7.80. The second-order valence-electron chi connectivity index (χ2n) is 5.79. The molecule has 3 aromatic heterocycles. The van der Waals surface area contributed by atoms with Gasteiger partial charge in [0.1, 0.15) is 5.69 Å². The number of halogens is 4. The summed E-state index contributed by atoms with van der Waals surface area (Å²) in [6, 6.07) is 4.83. The molecule has 3 heterocycles. The fourth-order valence-electron chi connectivity index (χ4n) is 2.63. The molecule has 12 heteroatoms. The SMILES string of the molecule is Cc1ccn(-c2nc(N)c(OC(F)(F)F)nc2-c2cc(Cl)c3[nH]cnc3c2)n1. The van der Waals surface area contributed by atoms with Gasteiger partial charge >= 0.3 is 6.36 Å². The van der Waals surface area contributed by atoms with E-state index < -0.39 is 18.1 Å². The number of ether oxygens (including phenoxy) is 1. The summed E-state index contributed by atoms with van der Waals surface area (Å²) in [6.07, 6.45) is -1.94. The summed E-state index contributed by atoms with van der Waals surface area (Å²) in [6.45, 7) is 1.75. The first kappa shape index (κ1) is 18.0. The van der Waals surface area contributed by atoms with Crippen LogP contribution in [0.1, 0.15) is 5.69 Å². The number of alkyl halides is 3. The monoisotopic (exact) mass is 409 g/mol. The minimum absolute atomic E-state index is 0.0448. The second kappa shape index (κ2) is 6.37. The third-order valence-electron chi connectivity index (χ3n) is 3.78. The van der Waals surface area contributed by atoms with Gasteiger partial charge in [-0.15, -0.1) is 13.2 Å². The van der Waals surface area contributed by atoms with E-state index in [0.717, 1.165) is 0 Å². The fourth-order valence-corrected chi connectivity index (χ4v) is 2.90. The van der Waals surface area contributed by atoms with Gasteiger partial charge in [-0.3, -0.25) is 0 Å². The number of fused-ring (bicyclic) bond motifs is 1. The van der Waals surface area contributed by atoms with E-state index in [9.17, 15) is 13.2 Å². The number of imidazole rings is 1. The zero-order valence-electron chi connectivity index (χ0n) is 14.1. The fraction of sp³-hybridized carbons (Fsp3) is 0.125. The molecule has 3 N–H and O–H groups in total. The van der Waals surface area contributed by atoms with Crippen LogP contribution in [0.3, 0.4) is 0 Å². The molecule has 1 aromatic carbocycles. The van der Waals surface area contributed by atoms with Crippen molar-refractivity contribution in [2.45, 2.75) is 13.3 Å². The molecule has 0 fully saturated rings. The zero-order valence-corrected chi connectivity index (χ0v) is 14.9. The van der Waals surface area contributed by atoms with Crippen LogP contribution < -0.4 is 10.5 Å². The molecule has 8 nitrogen and oxygen atoms in total. The molecule has 0 radical (unpaired) electrons. The molecule has 4 rings (SSSR count). The number of nitrogens with zero attached hydrogens (tertiary/aromatic N) is 5. The summed E-state index contributed by atoms with van der Waals surface area (Å²) in [5, 5.41) is 4.54. The summed E-state index contributed by atoms with van der Waals surface area (Å²) in [5.74, 6) is -1.28. The van der Waals surface area contributed by atoms with Crippen molar-refractivity contribution >= 4 is 28.5 Å². The molecule has 28 heavy (non-hydrogen) atoms. The van der Waals surface area contributed by atoms with Crippen LogP contribution >= 0.6 is 11.6 Å². The summed E-state index contributed by atoms with van der Waals surface area (Å²) in [7, 11) is 0. The molecule has 0 saturated heterocycles. The normalized spacial score (nSPS) is 11.9. The maximum absolute atomic E-state index is 12.7. The molecule has 4 aromatic rings. The molecular weight excluding hydrogens is 399 g/mol. The molecule has 0 atom stereocenters. The van der Waals surface area contributed by atoms with Crippen molar-refractivity contribution < 1.29 is 17.9 Å². The van der Waals surface area contributed by atoms with Crippen LogP contribution in [0.15, 0.2) is 30.7 Å². The quantitative estimate of drug-likeness (QED) is 0.534. The standard InChI is InChI=1S/C16H11ClF3N7O/c1-7-2-3-27(26-7)14-11(24-15(13(21)25-14)28-16(18,19)20)8-4-9(17)12-10(5-8)22-6-23-12/h2-6H,1H3,(H2,21,25)(H,22,23).